The maximum absolute atomic E-state index is 12.4. The summed E-state index contributed by atoms with van der Waals surface area (Å²) in [4.78, 5) is 49.2. The Morgan fingerprint density at radius 1 is 0.692 bits per heavy atom. The highest BCUT2D eigenvalue weighted by Crippen LogP contribution is 2.62. The van der Waals surface area contributed by atoms with Crippen LogP contribution in [-0.2, 0) is 47.2 Å². The second-order valence-corrected chi connectivity index (χ2v) is 7.28. The van der Waals surface area contributed by atoms with E-state index in [1.807, 2.05) is 0 Å². The smallest absolute Gasteiger partial charge is 0.343 e. The summed E-state index contributed by atoms with van der Waals surface area (Å²) in [6, 6.07) is 0. The van der Waals surface area contributed by atoms with Gasteiger partial charge in [0.15, 0.2) is 7.34 Å². The van der Waals surface area contributed by atoms with Crippen molar-refractivity contribution >= 4 is 36.5 Å². The van der Waals surface area contributed by atoms with Gasteiger partial charge in [-0.05, 0) is 6.08 Å². The minimum absolute atomic E-state index is 0.357. The van der Waals surface area contributed by atoms with Crippen LogP contribution >= 0.6 is 7.34 Å². The zero-order valence-corrected chi connectivity index (χ0v) is 16.0. The molecule has 144 valence electrons. The lowest BCUT2D eigenvalue weighted by Gasteiger charge is -2.31. The van der Waals surface area contributed by atoms with Gasteiger partial charge in [-0.15, -0.1) is 0 Å². The lowest BCUT2D eigenvalue weighted by molar-refractivity contribution is -0.138. The van der Waals surface area contributed by atoms with E-state index in [1.165, 1.54) is 0 Å². The van der Waals surface area contributed by atoms with Crippen LogP contribution < -0.4 is 0 Å². The molecule has 11 heteroatoms. The average Bonchev–Trinajstić information content (AvgIpc) is 2.69. The van der Waals surface area contributed by atoms with Gasteiger partial charge in [-0.25, -0.2) is 19.2 Å². The van der Waals surface area contributed by atoms with E-state index in [0.717, 1.165) is 48.7 Å². The van der Waals surface area contributed by atoms with Crippen LogP contribution in [0.15, 0.2) is 22.5 Å². The Morgan fingerprint density at radius 3 is 1.54 bits per heavy atom. The number of hydrogen-bond acceptors (Lipinski definition) is 10. The summed E-state index contributed by atoms with van der Waals surface area (Å²) >= 11 is 0. The van der Waals surface area contributed by atoms with Gasteiger partial charge < -0.3 is 28.0 Å². The molecule has 10 nitrogen and oxygen atoms in total. The van der Waals surface area contributed by atoms with Crippen molar-refractivity contribution in [2.75, 3.05) is 42.7 Å². The Bertz CT molecular complexity index is 750. The summed E-state index contributed by atoms with van der Waals surface area (Å²) < 4.78 is 29.5. The van der Waals surface area contributed by atoms with E-state index in [1.54, 1.807) is 0 Å². The molecule has 0 saturated heterocycles. The van der Waals surface area contributed by atoms with Crippen LogP contribution in [-0.4, -0.2) is 71.8 Å². The fourth-order valence-corrected chi connectivity index (χ4v) is 5.05. The number of hydrogen-bond donors (Lipinski definition) is 0. The Kier molecular flexibility index (Phi) is 7.31. The fraction of sp³-hybridized carbons (Fsp3) is 0.400. The van der Waals surface area contributed by atoms with Gasteiger partial charge in [0.25, 0.3) is 0 Å². The van der Waals surface area contributed by atoms with Gasteiger partial charge in [0.05, 0.1) is 39.6 Å². The highest BCUT2D eigenvalue weighted by Gasteiger charge is 2.46. The van der Waals surface area contributed by atoms with Crippen molar-refractivity contribution in [3.8, 4) is 0 Å². The molecule has 0 amide bonds. The van der Waals surface area contributed by atoms with Crippen LogP contribution in [0.5, 0.6) is 0 Å². The standard InChI is InChI=1S/C15H19O10P/c1-20-12(16)8-7-9(13(17)21-2)11(15(19)23-4)26(24-5,25-6)10(8)14(18)22-3/h7H,1-6H3. The minimum atomic E-state index is -3.79. The SMILES string of the molecule is COC(=O)C1=CC(C(=O)OC)=C(C(=O)OC)P(OC)(OC)=C1C(=O)OC. The lowest BCUT2D eigenvalue weighted by Crippen LogP contribution is -2.31. The van der Waals surface area contributed by atoms with Crippen molar-refractivity contribution in [3.05, 3.63) is 22.5 Å². The van der Waals surface area contributed by atoms with Gasteiger partial charge in [0.1, 0.15) is 10.6 Å². The molecular weight excluding hydrogens is 371 g/mol. The number of rotatable bonds is 6. The molecule has 0 atom stereocenters. The van der Waals surface area contributed by atoms with E-state index < -0.39 is 31.2 Å². The van der Waals surface area contributed by atoms with Crippen molar-refractivity contribution in [2.45, 2.75) is 0 Å². The quantitative estimate of drug-likeness (QED) is 0.352. The second kappa shape index (κ2) is 8.79. The summed E-state index contributed by atoms with van der Waals surface area (Å²) in [5, 5.41) is -0.769. The molecule has 1 heterocycles. The molecule has 0 aliphatic carbocycles. The molecule has 1 aliphatic rings. The third-order valence-corrected chi connectivity index (χ3v) is 6.52. The molecule has 0 fully saturated rings. The summed E-state index contributed by atoms with van der Waals surface area (Å²) in [6.07, 6.45) is 0.979. The first-order valence-electron chi connectivity index (χ1n) is 6.97. The Labute approximate surface area is 149 Å². The van der Waals surface area contributed by atoms with Gasteiger partial charge in [0, 0.05) is 14.2 Å². The van der Waals surface area contributed by atoms with Crippen molar-refractivity contribution in [1.82, 2.24) is 0 Å². The fourth-order valence-electron chi connectivity index (χ4n) is 2.33. The first-order valence-corrected chi connectivity index (χ1v) is 8.60. The van der Waals surface area contributed by atoms with Gasteiger partial charge in [-0.2, -0.15) is 0 Å². The van der Waals surface area contributed by atoms with Crippen LogP contribution in [0.3, 0.4) is 0 Å². The van der Waals surface area contributed by atoms with Crippen LogP contribution in [0.25, 0.3) is 0 Å². The van der Waals surface area contributed by atoms with Gasteiger partial charge in [-0.3, -0.25) is 0 Å². The summed E-state index contributed by atoms with van der Waals surface area (Å²) in [6.45, 7) is 0. The van der Waals surface area contributed by atoms with Crippen LogP contribution in [0.4, 0.5) is 0 Å². The second-order valence-electron chi connectivity index (χ2n) is 4.55. The van der Waals surface area contributed by atoms with E-state index in [0.29, 0.717) is 0 Å². The Balaban J connectivity index is 4.19. The Hall–Kier alpha value is -2.42. The molecule has 0 bridgehead atoms. The Morgan fingerprint density at radius 2 is 1.15 bits per heavy atom. The van der Waals surface area contributed by atoms with Gasteiger partial charge in [-0.1, -0.05) is 0 Å². The van der Waals surface area contributed by atoms with Crippen LogP contribution in [0.1, 0.15) is 0 Å². The number of ether oxygens (including phenoxy) is 4. The number of carbonyl (C=O) groups excluding carboxylic acids is 4. The largest absolute Gasteiger partial charge is 0.465 e. The van der Waals surface area contributed by atoms with Crippen molar-refractivity contribution in [2.24, 2.45) is 0 Å². The summed E-state index contributed by atoms with van der Waals surface area (Å²) in [5.74, 6) is -3.92. The van der Waals surface area contributed by atoms with Gasteiger partial charge >= 0.3 is 23.9 Å². The number of esters is 4. The zero-order chi connectivity index (χ0) is 20.1. The highest BCUT2D eigenvalue weighted by molar-refractivity contribution is 7.75. The molecule has 0 unspecified atom stereocenters. The molecule has 0 saturated carbocycles. The molecule has 0 spiro atoms. The van der Waals surface area contributed by atoms with E-state index in [-0.39, 0.29) is 21.8 Å². The minimum Gasteiger partial charge on any atom is -0.465 e. The molecule has 0 aromatic carbocycles. The average molecular weight is 390 g/mol. The maximum atomic E-state index is 12.4. The predicted octanol–water partition coefficient (Wildman–Crippen LogP) is 0.185. The lowest BCUT2D eigenvalue weighted by atomic mass is 10.1. The maximum Gasteiger partial charge on any atom is 0.343 e. The predicted molar refractivity (Wildman–Crippen MR) is 89.1 cm³/mol. The zero-order valence-electron chi connectivity index (χ0n) is 15.1. The van der Waals surface area contributed by atoms with Gasteiger partial charge in [0.2, 0.25) is 0 Å². The van der Waals surface area contributed by atoms with E-state index in [4.69, 9.17) is 18.5 Å². The molecular formula is C15H19O10P. The summed E-state index contributed by atoms with van der Waals surface area (Å²) in [5.41, 5.74) is -0.714. The molecule has 0 aromatic heterocycles. The van der Waals surface area contributed by atoms with E-state index in [9.17, 15) is 19.2 Å². The van der Waals surface area contributed by atoms with Crippen molar-refractivity contribution < 1.29 is 47.2 Å². The first kappa shape index (κ1) is 21.6. The number of carbonyl (C=O) groups is 4. The monoisotopic (exact) mass is 390 g/mol. The third-order valence-electron chi connectivity index (χ3n) is 3.47. The summed E-state index contributed by atoms with van der Waals surface area (Å²) in [7, 11) is 2.81. The molecule has 0 N–H and O–H groups in total. The van der Waals surface area contributed by atoms with Crippen molar-refractivity contribution in [1.29, 1.82) is 0 Å². The van der Waals surface area contributed by atoms with Crippen LogP contribution in [0, 0.1) is 0 Å². The molecule has 0 radical (unpaired) electrons. The third kappa shape index (κ3) is 3.44. The number of methoxy groups -OCH3 is 4. The molecule has 1 aliphatic heterocycles. The normalized spacial score (nSPS) is 15.8. The van der Waals surface area contributed by atoms with E-state index in [2.05, 4.69) is 9.47 Å². The van der Waals surface area contributed by atoms with E-state index >= 15 is 0 Å². The molecule has 1 rings (SSSR count). The van der Waals surface area contributed by atoms with Crippen LogP contribution in [0.2, 0.25) is 0 Å². The first-order chi connectivity index (χ1) is 12.3. The highest BCUT2D eigenvalue weighted by atomic mass is 31.2. The topological polar surface area (TPSA) is 124 Å². The van der Waals surface area contributed by atoms with Crippen molar-refractivity contribution in [3.63, 3.8) is 0 Å². The molecule has 26 heavy (non-hydrogen) atoms. The molecule has 0 aromatic rings.